The molecule has 10 heteroatoms. The lowest BCUT2D eigenvalue weighted by atomic mass is 9.94. The zero-order chi connectivity index (χ0) is 24.4. The van der Waals surface area contributed by atoms with E-state index < -0.39 is 6.04 Å². The highest BCUT2D eigenvalue weighted by molar-refractivity contribution is 9.10. The number of aromatic nitrogens is 3. The maximum Gasteiger partial charge on any atom is 0.255 e. The van der Waals surface area contributed by atoms with E-state index in [0.29, 0.717) is 38.3 Å². The van der Waals surface area contributed by atoms with Crippen LogP contribution >= 0.6 is 27.7 Å². The Morgan fingerprint density at radius 3 is 2.82 bits per heavy atom. The van der Waals surface area contributed by atoms with Gasteiger partial charge in [0.25, 0.3) is 5.91 Å². The molecule has 34 heavy (non-hydrogen) atoms. The number of amides is 1. The number of nitrogens with one attached hydrogen (secondary N) is 2. The number of carbonyl (C=O) groups excluding carboxylic acids is 1. The molecule has 0 radical (unpaired) electrons. The summed E-state index contributed by atoms with van der Waals surface area (Å²) < 4.78 is 7.55. The number of ether oxygens (including phenoxy) is 1. The summed E-state index contributed by atoms with van der Waals surface area (Å²) in [6.45, 7) is 5.92. The summed E-state index contributed by atoms with van der Waals surface area (Å²) in [5.41, 5.74) is 3.63. The van der Waals surface area contributed by atoms with E-state index in [-0.39, 0.29) is 11.7 Å². The normalized spacial score (nSPS) is 15.0. The molecule has 1 atom stereocenters. The van der Waals surface area contributed by atoms with Crippen LogP contribution in [0.3, 0.4) is 0 Å². The van der Waals surface area contributed by atoms with Gasteiger partial charge in [-0.05, 0) is 71.6 Å². The van der Waals surface area contributed by atoms with E-state index in [1.807, 2.05) is 38.1 Å². The van der Waals surface area contributed by atoms with Crippen molar-refractivity contribution in [3.05, 3.63) is 63.3 Å². The summed E-state index contributed by atoms with van der Waals surface area (Å²) in [5.74, 6) is 1.47. The first-order valence-corrected chi connectivity index (χ1v) is 12.6. The Hall–Kier alpha value is -2.98. The van der Waals surface area contributed by atoms with Crippen LogP contribution in [0.25, 0.3) is 0 Å². The van der Waals surface area contributed by atoms with Crippen molar-refractivity contribution in [2.75, 3.05) is 23.5 Å². The maximum absolute atomic E-state index is 13.6. The molecule has 1 unspecified atom stereocenters. The van der Waals surface area contributed by atoms with E-state index >= 15 is 0 Å². The van der Waals surface area contributed by atoms with Gasteiger partial charge in [0.05, 0.1) is 17.2 Å². The highest BCUT2D eigenvalue weighted by Gasteiger charge is 2.35. The molecule has 0 bridgehead atoms. The van der Waals surface area contributed by atoms with E-state index in [1.165, 1.54) is 7.11 Å². The Kier molecular flexibility index (Phi) is 7.18. The quantitative estimate of drug-likeness (QED) is 0.338. The zero-order valence-corrected chi connectivity index (χ0v) is 21.7. The van der Waals surface area contributed by atoms with Gasteiger partial charge in [-0.1, -0.05) is 30.8 Å². The Labute approximate surface area is 210 Å². The average molecular weight is 544 g/mol. The van der Waals surface area contributed by atoms with Gasteiger partial charge in [0.2, 0.25) is 11.1 Å². The smallest absolute Gasteiger partial charge is 0.255 e. The minimum absolute atomic E-state index is 0.00958. The van der Waals surface area contributed by atoms with Crippen molar-refractivity contribution < 1.29 is 14.6 Å². The number of thioether (sulfide) groups is 1. The first kappa shape index (κ1) is 24.2. The lowest BCUT2D eigenvalue weighted by Gasteiger charge is -2.29. The van der Waals surface area contributed by atoms with E-state index in [2.05, 4.69) is 38.5 Å². The van der Waals surface area contributed by atoms with Crippen molar-refractivity contribution in [2.24, 2.45) is 0 Å². The van der Waals surface area contributed by atoms with Crippen molar-refractivity contribution in [3.63, 3.8) is 0 Å². The second-order valence-electron chi connectivity index (χ2n) is 7.95. The SMILES string of the molecule is CCCSc1nc2n(n1)C(c1cc(Br)c(O)c(OC)c1)C(C(=O)Nc1cccc(C)c1)=C(C)N2. The summed E-state index contributed by atoms with van der Waals surface area (Å²) in [7, 11) is 1.49. The summed E-state index contributed by atoms with van der Waals surface area (Å²) in [4.78, 5) is 18.2. The summed E-state index contributed by atoms with van der Waals surface area (Å²) in [5, 5.41) is 22.0. The minimum Gasteiger partial charge on any atom is -0.503 e. The molecule has 1 aromatic heterocycles. The average Bonchev–Trinajstić information content (AvgIpc) is 3.20. The van der Waals surface area contributed by atoms with Crippen LogP contribution in [-0.4, -0.2) is 38.6 Å². The Bertz CT molecular complexity index is 1270. The Morgan fingerprint density at radius 2 is 2.12 bits per heavy atom. The van der Waals surface area contributed by atoms with Crippen LogP contribution in [0, 0.1) is 6.92 Å². The standard InChI is InChI=1S/C24H26BrN5O3S/c1-5-9-34-24-28-23-26-14(3)19(22(32)27-16-8-6-7-13(2)10-16)20(30(23)29-24)15-11-17(25)21(31)18(12-15)33-4/h6-8,10-12,20,31H,5,9H2,1-4H3,(H,27,32)(H,26,28,29). The number of hydrogen-bond acceptors (Lipinski definition) is 7. The van der Waals surface area contributed by atoms with E-state index in [1.54, 1.807) is 28.6 Å². The predicted molar refractivity (Wildman–Crippen MR) is 138 cm³/mol. The third-order valence-corrected chi connectivity index (χ3v) is 7.02. The number of nitrogens with zero attached hydrogens (tertiary/aromatic N) is 3. The lowest BCUT2D eigenvalue weighted by molar-refractivity contribution is -0.113. The Morgan fingerprint density at radius 1 is 1.32 bits per heavy atom. The van der Waals surface area contributed by atoms with Crippen molar-refractivity contribution >= 4 is 45.2 Å². The van der Waals surface area contributed by atoms with Crippen LogP contribution < -0.4 is 15.4 Å². The molecule has 4 rings (SSSR count). The molecule has 1 amide bonds. The number of fused-ring (bicyclic) bond motifs is 1. The van der Waals surface area contributed by atoms with Gasteiger partial charge in [-0.15, -0.1) is 5.10 Å². The highest BCUT2D eigenvalue weighted by atomic mass is 79.9. The van der Waals surface area contributed by atoms with Crippen LogP contribution in [0.1, 0.15) is 37.4 Å². The maximum atomic E-state index is 13.6. The van der Waals surface area contributed by atoms with Crippen LogP contribution in [0.15, 0.2) is 57.3 Å². The van der Waals surface area contributed by atoms with E-state index in [0.717, 1.165) is 23.3 Å². The predicted octanol–water partition coefficient (Wildman–Crippen LogP) is 5.49. The van der Waals surface area contributed by atoms with Gasteiger partial charge in [0.15, 0.2) is 11.5 Å². The van der Waals surface area contributed by atoms with Crippen LogP contribution in [0.2, 0.25) is 0 Å². The molecular formula is C24H26BrN5O3S. The number of rotatable bonds is 7. The molecule has 178 valence electrons. The molecule has 2 aromatic carbocycles. The third kappa shape index (κ3) is 4.78. The van der Waals surface area contributed by atoms with Crippen molar-refractivity contribution in [1.29, 1.82) is 0 Å². The molecule has 0 spiro atoms. The molecule has 3 aromatic rings. The van der Waals surface area contributed by atoms with E-state index in [4.69, 9.17) is 9.84 Å². The largest absolute Gasteiger partial charge is 0.503 e. The van der Waals surface area contributed by atoms with E-state index in [9.17, 15) is 9.90 Å². The van der Waals surface area contributed by atoms with Gasteiger partial charge < -0.3 is 20.5 Å². The molecular weight excluding hydrogens is 518 g/mol. The minimum atomic E-state index is -0.588. The number of hydrogen-bond donors (Lipinski definition) is 3. The number of carbonyl (C=O) groups is 1. The molecule has 8 nitrogen and oxygen atoms in total. The number of phenols is 1. The molecule has 0 saturated carbocycles. The number of halogens is 1. The van der Waals surface area contributed by atoms with Gasteiger partial charge >= 0.3 is 0 Å². The molecule has 0 fully saturated rings. The van der Waals surface area contributed by atoms with Crippen LogP contribution in [-0.2, 0) is 4.79 Å². The highest BCUT2D eigenvalue weighted by Crippen LogP contribution is 2.42. The monoisotopic (exact) mass is 543 g/mol. The van der Waals surface area contributed by atoms with Crippen LogP contribution in [0.5, 0.6) is 11.5 Å². The number of aromatic hydroxyl groups is 1. The number of aryl methyl sites for hydroxylation is 1. The summed E-state index contributed by atoms with van der Waals surface area (Å²) >= 11 is 4.97. The fourth-order valence-electron chi connectivity index (χ4n) is 3.82. The fourth-order valence-corrected chi connectivity index (χ4v) is 4.96. The van der Waals surface area contributed by atoms with Crippen molar-refractivity contribution in [1.82, 2.24) is 14.8 Å². The molecule has 1 aliphatic heterocycles. The number of methoxy groups -OCH3 is 1. The summed E-state index contributed by atoms with van der Waals surface area (Å²) in [6.07, 6.45) is 0.995. The number of anilines is 2. The third-order valence-electron chi connectivity index (χ3n) is 5.38. The number of allylic oxidation sites excluding steroid dienone is 1. The second kappa shape index (κ2) is 10.1. The van der Waals surface area contributed by atoms with Gasteiger partial charge in [-0.3, -0.25) is 4.79 Å². The van der Waals surface area contributed by atoms with Gasteiger partial charge in [0, 0.05) is 17.1 Å². The molecule has 0 aliphatic carbocycles. The molecule has 1 aliphatic rings. The second-order valence-corrected chi connectivity index (χ2v) is 9.87. The number of benzene rings is 2. The fraction of sp³-hybridized carbons (Fsp3) is 0.292. The van der Waals surface area contributed by atoms with Gasteiger partial charge in [-0.2, -0.15) is 4.98 Å². The molecule has 0 saturated heterocycles. The van der Waals surface area contributed by atoms with Crippen molar-refractivity contribution in [2.45, 2.75) is 38.4 Å². The first-order valence-electron chi connectivity index (χ1n) is 10.8. The number of phenolic OH excluding ortho intramolecular Hbond substituents is 1. The van der Waals surface area contributed by atoms with Gasteiger partial charge in [-0.25, -0.2) is 4.68 Å². The van der Waals surface area contributed by atoms with Crippen molar-refractivity contribution in [3.8, 4) is 11.5 Å². The zero-order valence-electron chi connectivity index (χ0n) is 19.3. The topological polar surface area (TPSA) is 101 Å². The Balaban J connectivity index is 1.82. The summed E-state index contributed by atoms with van der Waals surface area (Å²) in [6, 6.07) is 10.5. The van der Waals surface area contributed by atoms with Gasteiger partial charge in [0.1, 0.15) is 6.04 Å². The molecule has 3 N–H and O–H groups in total. The first-order chi connectivity index (χ1) is 16.3. The van der Waals surface area contributed by atoms with Crippen LogP contribution in [0.4, 0.5) is 11.6 Å². The lowest BCUT2D eigenvalue weighted by Crippen LogP contribution is -2.31. The molecule has 2 heterocycles.